The molecule has 4 unspecified atom stereocenters. The van der Waals surface area contributed by atoms with E-state index in [1.54, 1.807) is 12.1 Å². The van der Waals surface area contributed by atoms with Crippen LogP contribution < -0.4 is 15.5 Å². The average molecular weight is 923 g/mol. The number of terminal acetylenes is 1. The van der Waals surface area contributed by atoms with Gasteiger partial charge < -0.3 is 20.3 Å². The number of carbonyl (C=O) groups is 2. The minimum atomic E-state index is -4.16. The van der Waals surface area contributed by atoms with E-state index in [4.69, 9.17) is 11.2 Å². The molecule has 1 aliphatic carbocycles. The molecule has 350 valence electrons. The number of pyridine rings is 1. The van der Waals surface area contributed by atoms with Crippen molar-refractivity contribution in [3.8, 4) is 12.3 Å². The maximum atomic E-state index is 12.8. The SMILES string of the molecule is C#CCOCc1ccc(C(=O)NCCNC(=O)CCCCCC2(C)C(=CC=CC3=[N+](CCCS(=O)(=O)O)C4CCC(C)CC4C3(C)C)N(CCCS(=O)(=O)O)c3ccc(C)cc32)cn1. The van der Waals surface area contributed by atoms with Gasteiger partial charge in [0.15, 0.2) is 11.8 Å². The number of carbonyl (C=O) groups excluding carboxylic acids is 2. The van der Waals surface area contributed by atoms with E-state index in [2.05, 4.69) is 102 Å². The number of hydrogen-bond donors (Lipinski definition) is 4. The van der Waals surface area contributed by atoms with Crippen LogP contribution >= 0.6 is 0 Å². The summed E-state index contributed by atoms with van der Waals surface area (Å²) < 4.78 is 73.8. The first-order valence-corrected chi connectivity index (χ1v) is 25.8. The normalized spacial score (nSPS) is 22.4. The van der Waals surface area contributed by atoms with Gasteiger partial charge in [-0.05, 0) is 95.6 Å². The Morgan fingerprint density at radius 1 is 1.00 bits per heavy atom. The first-order chi connectivity index (χ1) is 30.2. The smallest absolute Gasteiger partial charge is 0.265 e. The quantitative estimate of drug-likeness (QED) is 0.0417. The molecule has 1 saturated carbocycles. The highest BCUT2D eigenvalue weighted by Gasteiger charge is 2.55. The molecule has 64 heavy (non-hydrogen) atoms. The molecule has 2 aromatic rings. The maximum absolute atomic E-state index is 12.8. The molecule has 0 bridgehead atoms. The van der Waals surface area contributed by atoms with E-state index in [1.165, 1.54) is 6.20 Å². The number of fused-ring (bicyclic) bond motifs is 2. The predicted molar refractivity (Wildman–Crippen MR) is 251 cm³/mol. The number of allylic oxidation sites excluding steroid dienone is 4. The molecule has 1 aromatic carbocycles. The van der Waals surface area contributed by atoms with Crippen molar-refractivity contribution in [1.82, 2.24) is 15.6 Å². The second-order valence-corrected chi connectivity index (χ2v) is 21.6. The van der Waals surface area contributed by atoms with Crippen LogP contribution in [0.1, 0.15) is 119 Å². The van der Waals surface area contributed by atoms with Gasteiger partial charge in [0.25, 0.3) is 26.1 Å². The molecule has 3 heterocycles. The molecule has 14 nitrogen and oxygen atoms in total. The van der Waals surface area contributed by atoms with Crippen molar-refractivity contribution in [2.45, 2.75) is 117 Å². The Labute approximate surface area is 380 Å². The first-order valence-electron chi connectivity index (χ1n) is 22.6. The van der Waals surface area contributed by atoms with Crippen LogP contribution in [0.5, 0.6) is 0 Å². The number of amides is 2. The zero-order chi connectivity index (χ0) is 46.7. The number of unbranched alkanes of at least 4 members (excludes halogenated alkanes) is 2. The van der Waals surface area contributed by atoms with Gasteiger partial charge in [-0.25, -0.2) is 4.58 Å². The van der Waals surface area contributed by atoms with Crippen molar-refractivity contribution in [3.63, 3.8) is 0 Å². The molecule has 0 radical (unpaired) electrons. The van der Waals surface area contributed by atoms with Crippen LogP contribution in [-0.2, 0) is 41.8 Å². The van der Waals surface area contributed by atoms with E-state index in [0.717, 1.165) is 66.7 Å². The fourth-order valence-corrected chi connectivity index (χ4v) is 10.9. The number of aryl methyl sites for hydroxylation is 1. The van der Waals surface area contributed by atoms with E-state index < -0.39 is 25.7 Å². The molecule has 1 aromatic heterocycles. The number of rotatable bonds is 23. The van der Waals surface area contributed by atoms with E-state index >= 15 is 0 Å². The maximum Gasteiger partial charge on any atom is 0.265 e. The van der Waals surface area contributed by atoms with E-state index in [-0.39, 0.29) is 61.0 Å². The molecular weight excluding hydrogens is 855 g/mol. The molecule has 16 heteroatoms. The number of anilines is 1. The molecule has 4 N–H and O–H groups in total. The van der Waals surface area contributed by atoms with Crippen LogP contribution in [0, 0.1) is 36.5 Å². The third kappa shape index (κ3) is 13.6. The first kappa shape index (κ1) is 50.6. The number of nitrogens with one attached hydrogen (secondary N) is 2. The monoisotopic (exact) mass is 922 g/mol. The number of hydrogen-bond acceptors (Lipinski definition) is 9. The zero-order valence-corrected chi connectivity index (χ0v) is 39.8. The van der Waals surface area contributed by atoms with Gasteiger partial charge in [0, 0.05) is 73.9 Å². The summed E-state index contributed by atoms with van der Waals surface area (Å²) in [4.78, 5) is 31.7. The summed E-state index contributed by atoms with van der Waals surface area (Å²) in [5.74, 6) is 2.35. The highest BCUT2D eigenvalue weighted by molar-refractivity contribution is 7.86. The minimum absolute atomic E-state index is 0.0929. The highest BCUT2D eigenvalue weighted by Crippen LogP contribution is 2.52. The second kappa shape index (κ2) is 22.2. The summed E-state index contributed by atoms with van der Waals surface area (Å²) in [6.45, 7) is 13.0. The lowest BCUT2D eigenvalue weighted by molar-refractivity contribution is -0.567. The summed E-state index contributed by atoms with van der Waals surface area (Å²) in [7, 11) is -8.25. The van der Waals surface area contributed by atoms with Crippen molar-refractivity contribution in [2.75, 3.05) is 49.2 Å². The number of aromatic nitrogens is 1. The summed E-state index contributed by atoms with van der Waals surface area (Å²) in [5.41, 5.74) is 5.82. The summed E-state index contributed by atoms with van der Waals surface area (Å²) in [5, 5.41) is 5.69. The van der Waals surface area contributed by atoms with Crippen molar-refractivity contribution in [1.29, 1.82) is 0 Å². The van der Waals surface area contributed by atoms with Crippen LogP contribution in [0.2, 0.25) is 0 Å². The van der Waals surface area contributed by atoms with Crippen molar-refractivity contribution in [3.05, 3.63) is 82.8 Å². The fourth-order valence-electron chi connectivity index (χ4n) is 9.94. The predicted octanol–water partition coefficient (Wildman–Crippen LogP) is 6.41. The Morgan fingerprint density at radius 2 is 1.73 bits per heavy atom. The standard InChI is InChI=1S/C48H67N5O9S2/c1-7-28-62-34-38-20-19-37(33-51-38)46(55)50-25-24-49-45(54)16-9-8-10-23-48(6)40-32-36(3)18-22-42(40)53(27-13-30-64(59,60)61)44(48)15-11-14-43-47(4,5)39-31-35(2)17-21-41(39)52(43)26-12-29-63(56,57)58/h1,11,14-15,18-20,22,32-33,35,39,41H,8-10,12-13,16-17,21,23-31,34H2,2-6H3,(H3-,49,50,54,55,56,57,58,59,60,61)/p+1. The van der Waals surface area contributed by atoms with Gasteiger partial charge in [-0.2, -0.15) is 16.8 Å². The lowest BCUT2D eigenvalue weighted by atomic mass is 9.66. The summed E-state index contributed by atoms with van der Waals surface area (Å²) >= 11 is 0. The van der Waals surface area contributed by atoms with Gasteiger partial charge in [0.1, 0.15) is 13.2 Å². The molecule has 0 spiro atoms. The second-order valence-electron chi connectivity index (χ2n) is 18.5. The molecule has 0 saturated heterocycles. The molecular formula is C48H68N5O9S2+. The molecule has 3 aliphatic rings. The van der Waals surface area contributed by atoms with Crippen LogP contribution in [0.15, 0.2) is 60.5 Å². The Kier molecular flexibility index (Phi) is 17.5. The van der Waals surface area contributed by atoms with Crippen molar-refractivity contribution < 1.29 is 44.8 Å². The van der Waals surface area contributed by atoms with Gasteiger partial charge in [0.2, 0.25) is 5.91 Å². The molecule has 2 aliphatic heterocycles. The third-order valence-corrected chi connectivity index (χ3v) is 14.8. The van der Waals surface area contributed by atoms with Gasteiger partial charge >= 0.3 is 0 Å². The van der Waals surface area contributed by atoms with Crippen molar-refractivity contribution >= 4 is 43.4 Å². The van der Waals surface area contributed by atoms with Crippen LogP contribution in [0.25, 0.3) is 0 Å². The number of nitrogens with zero attached hydrogens (tertiary/aromatic N) is 3. The molecule has 4 atom stereocenters. The molecule has 2 amide bonds. The number of ether oxygens (including phenoxy) is 1. The minimum Gasteiger partial charge on any atom is -0.363 e. The van der Waals surface area contributed by atoms with Gasteiger partial charge in [-0.15, -0.1) is 6.42 Å². The lowest BCUT2D eigenvalue weighted by Crippen LogP contribution is -2.37. The zero-order valence-electron chi connectivity index (χ0n) is 38.1. The van der Waals surface area contributed by atoms with Crippen LogP contribution in [0.4, 0.5) is 5.69 Å². The summed E-state index contributed by atoms with van der Waals surface area (Å²) in [6.07, 6.45) is 20.2. The Hall–Kier alpha value is -4.40. The number of benzene rings is 1. The highest BCUT2D eigenvalue weighted by atomic mass is 32.2. The summed E-state index contributed by atoms with van der Waals surface area (Å²) in [6, 6.07) is 9.98. The largest absolute Gasteiger partial charge is 0.363 e. The Balaban J connectivity index is 1.27. The molecule has 5 rings (SSSR count). The topological polar surface area (TPSA) is 195 Å². The molecule has 1 fully saturated rings. The van der Waals surface area contributed by atoms with Crippen molar-refractivity contribution in [2.24, 2.45) is 17.3 Å². The van der Waals surface area contributed by atoms with Gasteiger partial charge in [-0.1, -0.05) is 49.5 Å². The fraction of sp³-hybridized carbons (Fsp3) is 0.583. The van der Waals surface area contributed by atoms with Gasteiger partial charge in [-0.3, -0.25) is 23.7 Å². The van der Waals surface area contributed by atoms with E-state index in [1.807, 2.05) is 0 Å². The average Bonchev–Trinajstić information content (AvgIpc) is 3.57. The third-order valence-electron chi connectivity index (χ3n) is 13.2. The van der Waals surface area contributed by atoms with Gasteiger partial charge in [0.05, 0.1) is 34.8 Å². The van der Waals surface area contributed by atoms with E-state index in [0.29, 0.717) is 62.0 Å². The van der Waals surface area contributed by atoms with E-state index in [9.17, 15) is 35.5 Å². The van der Waals surface area contributed by atoms with Crippen LogP contribution in [-0.4, -0.2) is 103 Å². The lowest BCUT2D eigenvalue weighted by Gasteiger charge is -2.33. The Morgan fingerprint density at radius 3 is 2.44 bits per heavy atom. The van der Waals surface area contributed by atoms with Crippen LogP contribution in [0.3, 0.4) is 0 Å². The Bertz CT molecular complexity index is 2340.